The van der Waals surface area contributed by atoms with Crippen LogP contribution in [0, 0.1) is 23.7 Å². The first kappa shape index (κ1) is 33.0. The fourth-order valence-corrected chi connectivity index (χ4v) is 9.87. The fraction of sp³-hybridized carbons (Fsp3) is 0.351. The lowest BCUT2D eigenvalue weighted by atomic mass is 9.49. The van der Waals surface area contributed by atoms with Gasteiger partial charge >= 0.3 is 0 Å². The number of allylic oxidation sites excluding steroid dienone is 2. The van der Waals surface area contributed by atoms with Gasteiger partial charge in [0.15, 0.2) is 11.5 Å². The molecule has 2 aliphatic heterocycles. The third kappa shape index (κ3) is 4.51. The van der Waals surface area contributed by atoms with Crippen molar-refractivity contribution in [3.63, 3.8) is 0 Å². The van der Waals surface area contributed by atoms with E-state index in [2.05, 4.69) is 31.9 Å². The zero-order chi connectivity index (χ0) is 34.4. The average Bonchev–Trinajstić information content (AvgIpc) is 3.45. The number of likely N-dealkylation sites (tertiary alicyclic amines) is 1. The predicted molar refractivity (Wildman–Crippen MR) is 188 cm³/mol. The highest BCUT2D eigenvalue weighted by atomic mass is 79.9. The molecule has 11 heteroatoms. The van der Waals surface area contributed by atoms with Gasteiger partial charge in [0.2, 0.25) is 23.6 Å². The van der Waals surface area contributed by atoms with Crippen LogP contribution in [0.15, 0.2) is 81.3 Å². The van der Waals surface area contributed by atoms with Crippen LogP contribution in [0.5, 0.6) is 11.5 Å². The largest absolute Gasteiger partial charge is 0.503 e. The number of ether oxygens (including phenoxy) is 1. The molecule has 4 aliphatic rings. The van der Waals surface area contributed by atoms with E-state index in [4.69, 9.17) is 16.3 Å². The van der Waals surface area contributed by atoms with Crippen LogP contribution in [0.2, 0.25) is 5.02 Å². The van der Waals surface area contributed by atoms with Gasteiger partial charge in [0.25, 0.3) is 0 Å². The fourth-order valence-electron chi connectivity index (χ4n) is 8.73. The highest BCUT2D eigenvalue weighted by Crippen LogP contribution is 2.66. The number of hydrogen-bond donors (Lipinski definition) is 1. The minimum absolute atomic E-state index is 0.129. The number of imide groups is 2. The summed E-state index contributed by atoms with van der Waals surface area (Å²) in [6.07, 6.45) is 2.51. The van der Waals surface area contributed by atoms with Crippen molar-refractivity contribution in [3.8, 4) is 11.5 Å². The van der Waals surface area contributed by atoms with Crippen molar-refractivity contribution >= 4 is 72.8 Å². The number of fused-ring (bicyclic) bond motifs is 4. The van der Waals surface area contributed by atoms with Gasteiger partial charge in [0, 0.05) is 21.0 Å². The van der Waals surface area contributed by atoms with Crippen LogP contribution in [0.25, 0.3) is 0 Å². The number of halogens is 3. The number of phenols is 1. The van der Waals surface area contributed by atoms with Crippen LogP contribution in [0.4, 0.5) is 5.69 Å². The van der Waals surface area contributed by atoms with E-state index in [1.807, 2.05) is 57.2 Å². The normalized spacial score (nSPS) is 28.3. The first-order valence-corrected chi connectivity index (χ1v) is 17.7. The molecule has 4 amide bonds. The van der Waals surface area contributed by atoms with Crippen molar-refractivity contribution < 1.29 is 29.0 Å². The maximum Gasteiger partial charge on any atom is 0.246 e. The van der Waals surface area contributed by atoms with Crippen molar-refractivity contribution in [2.24, 2.45) is 23.7 Å². The van der Waals surface area contributed by atoms with E-state index >= 15 is 4.79 Å². The van der Waals surface area contributed by atoms with E-state index in [9.17, 15) is 19.5 Å². The smallest absolute Gasteiger partial charge is 0.246 e. The van der Waals surface area contributed by atoms with Crippen molar-refractivity contribution in [2.75, 3.05) is 12.0 Å². The Morgan fingerprint density at radius 2 is 1.62 bits per heavy atom. The van der Waals surface area contributed by atoms with Crippen molar-refractivity contribution in [1.82, 2.24) is 4.90 Å². The number of carbonyl (C=O) groups is 4. The van der Waals surface area contributed by atoms with E-state index in [0.29, 0.717) is 37.2 Å². The molecule has 0 aromatic heterocycles. The minimum Gasteiger partial charge on any atom is -0.503 e. The predicted octanol–water partition coefficient (Wildman–Crippen LogP) is 7.54. The van der Waals surface area contributed by atoms with Crippen LogP contribution in [-0.2, 0) is 24.6 Å². The lowest BCUT2D eigenvalue weighted by Gasteiger charge is -2.51. The second-order valence-electron chi connectivity index (χ2n) is 13.9. The van der Waals surface area contributed by atoms with Crippen LogP contribution < -0.4 is 9.64 Å². The number of benzene rings is 3. The second kappa shape index (κ2) is 11.6. The number of methoxy groups -OCH3 is 1. The molecule has 2 aliphatic carbocycles. The SMILES string of the molecule is COc1cc(C2C3=CCC4C(=O)N(C(C)(C)C)C(=O)C4C3CC3C(=O)N(c4cccc(Cl)c4)C(=O)C32c2ccccc2)c(Br)c(Br)c1O. The van der Waals surface area contributed by atoms with Crippen molar-refractivity contribution in [1.29, 1.82) is 0 Å². The van der Waals surface area contributed by atoms with Crippen LogP contribution >= 0.6 is 43.5 Å². The molecule has 1 N–H and O–H groups in total. The number of carbonyl (C=O) groups excluding carboxylic acids is 4. The Labute approximate surface area is 300 Å². The molecule has 248 valence electrons. The van der Waals surface area contributed by atoms with E-state index in [-0.39, 0.29) is 29.7 Å². The Kier molecular flexibility index (Phi) is 7.96. The summed E-state index contributed by atoms with van der Waals surface area (Å²) in [5.74, 6) is -4.73. The van der Waals surface area contributed by atoms with Gasteiger partial charge in [-0.25, -0.2) is 4.90 Å². The van der Waals surface area contributed by atoms with Crippen LogP contribution in [0.3, 0.4) is 0 Å². The van der Waals surface area contributed by atoms with E-state index in [0.717, 1.165) is 5.57 Å². The maximum absolute atomic E-state index is 15.4. The molecule has 2 heterocycles. The summed E-state index contributed by atoms with van der Waals surface area (Å²) in [4.78, 5) is 61.0. The van der Waals surface area contributed by atoms with Gasteiger partial charge in [-0.05, 0) is 107 Å². The van der Waals surface area contributed by atoms with Crippen LogP contribution in [0.1, 0.15) is 50.7 Å². The molecule has 7 rings (SSSR count). The number of phenolic OH excluding ortho intramolecular Hbond substituents is 1. The maximum atomic E-state index is 15.4. The Hall–Kier alpha value is -3.47. The molecule has 3 aromatic rings. The van der Waals surface area contributed by atoms with E-state index in [1.54, 1.807) is 30.3 Å². The Bertz CT molecular complexity index is 1940. The Morgan fingerprint density at radius 1 is 0.917 bits per heavy atom. The zero-order valence-corrected chi connectivity index (χ0v) is 30.6. The number of hydrogen-bond acceptors (Lipinski definition) is 6. The molecule has 2 saturated heterocycles. The minimum atomic E-state index is -1.46. The number of nitrogens with zero attached hydrogens (tertiary/aromatic N) is 2. The lowest BCUT2D eigenvalue weighted by molar-refractivity contribution is -0.145. The van der Waals surface area contributed by atoms with Crippen LogP contribution in [-0.4, -0.2) is 46.3 Å². The molecule has 8 nitrogen and oxygen atoms in total. The number of amides is 4. The second-order valence-corrected chi connectivity index (χ2v) is 15.9. The topological polar surface area (TPSA) is 104 Å². The van der Waals surface area contributed by atoms with Gasteiger partial charge in [0.1, 0.15) is 0 Å². The average molecular weight is 797 g/mol. The number of rotatable bonds is 4. The molecule has 0 bridgehead atoms. The summed E-state index contributed by atoms with van der Waals surface area (Å²) in [5, 5.41) is 11.3. The van der Waals surface area contributed by atoms with Gasteiger partial charge in [0.05, 0.1) is 40.4 Å². The summed E-state index contributed by atoms with van der Waals surface area (Å²) in [6, 6.07) is 17.6. The highest BCUT2D eigenvalue weighted by Gasteiger charge is 2.70. The van der Waals surface area contributed by atoms with Gasteiger partial charge in [-0.3, -0.25) is 24.1 Å². The highest BCUT2D eigenvalue weighted by molar-refractivity contribution is 9.13. The number of anilines is 1. The third-order valence-electron chi connectivity index (χ3n) is 10.5. The molecule has 0 radical (unpaired) electrons. The van der Waals surface area contributed by atoms with Gasteiger partial charge < -0.3 is 9.84 Å². The summed E-state index contributed by atoms with van der Waals surface area (Å²) < 4.78 is 6.40. The summed E-state index contributed by atoms with van der Waals surface area (Å²) in [5.41, 5.74) is 0.208. The first-order chi connectivity index (χ1) is 22.7. The van der Waals surface area contributed by atoms with Crippen molar-refractivity contribution in [3.05, 3.63) is 97.4 Å². The van der Waals surface area contributed by atoms with Gasteiger partial charge in [-0.2, -0.15) is 0 Å². The molecule has 3 fully saturated rings. The van der Waals surface area contributed by atoms with Gasteiger partial charge in [-0.1, -0.05) is 59.6 Å². The first-order valence-electron chi connectivity index (χ1n) is 15.8. The Morgan fingerprint density at radius 3 is 2.27 bits per heavy atom. The number of aromatic hydroxyl groups is 1. The molecule has 3 aromatic carbocycles. The summed E-state index contributed by atoms with van der Waals surface area (Å²) in [7, 11) is 1.44. The quantitative estimate of drug-likeness (QED) is 0.216. The standard InChI is InChI=1S/C37H33Br2ClN2O6/c1-36(2,3)42-32(44)22-14-13-21-23(27(22)34(42)46)16-25-33(45)41(20-12-8-11-19(40)15-20)35(47)37(25,18-9-6-5-7-10-18)28(21)24-17-26(48-4)31(43)30(39)29(24)38/h5-13,15,17,22-23,25,27-28,43H,14,16H2,1-4H3. The van der Waals surface area contributed by atoms with Crippen molar-refractivity contribution in [2.45, 2.75) is 50.5 Å². The summed E-state index contributed by atoms with van der Waals surface area (Å²) >= 11 is 13.6. The molecule has 0 spiro atoms. The molecular formula is C37H33Br2ClN2O6. The molecule has 48 heavy (non-hydrogen) atoms. The van der Waals surface area contributed by atoms with E-state index in [1.165, 1.54) is 16.9 Å². The zero-order valence-electron chi connectivity index (χ0n) is 26.7. The van der Waals surface area contributed by atoms with E-state index < -0.39 is 52.4 Å². The molecular weight excluding hydrogens is 764 g/mol. The monoisotopic (exact) mass is 794 g/mol. The lowest BCUT2D eigenvalue weighted by Crippen LogP contribution is -2.53. The third-order valence-corrected chi connectivity index (χ3v) is 12.9. The summed E-state index contributed by atoms with van der Waals surface area (Å²) in [6.45, 7) is 5.54. The molecule has 6 unspecified atom stereocenters. The van der Waals surface area contributed by atoms with Gasteiger partial charge in [-0.15, -0.1) is 0 Å². The molecule has 6 atom stereocenters. The Balaban J connectivity index is 1.54. The molecule has 1 saturated carbocycles.